The summed E-state index contributed by atoms with van der Waals surface area (Å²) in [5.74, 6) is -5.96. The topological polar surface area (TPSA) is 263 Å². The maximum absolute atomic E-state index is 14.4. The van der Waals surface area contributed by atoms with E-state index in [0.717, 1.165) is 46.8 Å². The number of nitrogens with zero attached hydrogens (tertiary/aromatic N) is 4. The molecule has 0 aromatic heterocycles. The second kappa shape index (κ2) is 23.6. The quantitative estimate of drug-likeness (QED) is 0.104. The highest BCUT2D eigenvalue weighted by Gasteiger charge is 2.33. The van der Waals surface area contributed by atoms with Crippen LogP contribution in [-0.4, -0.2) is 131 Å². The maximum atomic E-state index is 14.4. The Bertz CT molecular complexity index is 2780. The average Bonchev–Trinajstić information content (AvgIpc) is 4.05. The number of benzene rings is 4. The Morgan fingerprint density at radius 2 is 1.12 bits per heavy atom. The highest BCUT2D eigenvalue weighted by Crippen LogP contribution is 2.45. The van der Waals surface area contributed by atoms with Crippen molar-refractivity contribution in [3.05, 3.63) is 105 Å². The molecule has 1 fully saturated rings. The molecule has 4 aromatic carbocycles. The molecule has 5 aliphatic rings. The van der Waals surface area contributed by atoms with E-state index < -0.39 is 72.0 Å². The van der Waals surface area contributed by atoms with Crippen molar-refractivity contribution in [2.45, 2.75) is 83.1 Å². The number of aliphatic imine (C=N–C) groups is 2. The molecule has 4 aromatic rings. The van der Waals surface area contributed by atoms with Gasteiger partial charge >= 0.3 is 17.9 Å². The first-order chi connectivity index (χ1) is 34.9. The van der Waals surface area contributed by atoms with Gasteiger partial charge in [0.25, 0.3) is 11.8 Å². The first-order valence-electron chi connectivity index (χ1n) is 23.0. The van der Waals surface area contributed by atoms with Gasteiger partial charge in [-0.3, -0.25) is 29.2 Å². The molecule has 0 saturated carbocycles. The van der Waals surface area contributed by atoms with Crippen molar-refractivity contribution in [2.24, 2.45) is 9.98 Å². The summed E-state index contributed by atoms with van der Waals surface area (Å²) >= 11 is 0. The van der Waals surface area contributed by atoms with Gasteiger partial charge in [0, 0.05) is 107 Å². The van der Waals surface area contributed by atoms with Crippen LogP contribution in [0.15, 0.2) is 58.5 Å². The SMILES string of the molecule is CC1=Nc2c(cc(C(=O)N(C)C)cc2O[C@H]2CCOc3cc(F)cc(F)c32)C1.CC1=Nc2c(cc(C(=O)N(C)C)cc2O[C@H]2CCOc3cc(F)cc(F)c32)C1.O=C(O)C[C@H](O)C(=O)O.O=C1CC[C@@H](C(=O)O)N1. The summed E-state index contributed by atoms with van der Waals surface area (Å²) in [4.78, 5) is 76.9. The fraction of sp³-hybridized carbons (Fsp3) is 0.373. The lowest BCUT2D eigenvalue weighted by Crippen LogP contribution is -2.32. The number of carboxylic acid groups (broad SMARTS) is 3. The van der Waals surface area contributed by atoms with E-state index in [-0.39, 0.29) is 53.6 Å². The monoisotopic (exact) mass is 1040 g/mol. The number of aliphatic carboxylic acids is 3. The lowest BCUT2D eigenvalue weighted by Gasteiger charge is -2.27. The average molecular weight is 1040 g/mol. The third kappa shape index (κ3) is 13.5. The highest BCUT2D eigenvalue weighted by molar-refractivity contribution is 6.00. The molecule has 394 valence electrons. The number of carbonyl (C=O) groups excluding carboxylic acids is 3. The molecule has 0 unspecified atom stereocenters. The van der Waals surface area contributed by atoms with Crippen LogP contribution < -0.4 is 24.3 Å². The maximum Gasteiger partial charge on any atom is 0.333 e. The first-order valence-corrected chi connectivity index (χ1v) is 23.0. The number of nitrogens with one attached hydrogen (secondary N) is 1. The normalized spacial score (nSPS) is 17.8. The van der Waals surface area contributed by atoms with Gasteiger partial charge in [-0.25, -0.2) is 27.2 Å². The van der Waals surface area contributed by atoms with Gasteiger partial charge in [0.1, 0.15) is 75.9 Å². The largest absolute Gasteiger partial charge is 0.493 e. The lowest BCUT2D eigenvalue weighted by molar-refractivity contribution is -0.152. The van der Waals surface area contributed by atoms with Crippen molar-refractivity contribution in [1.29, 1.82) is 0 Å². The van der Waals surface area contributed by atoms with Gasteiger partial charge in [-0.1, -0.05) is 0 Å². The fourth-order valence-electron chi connectivity index (χ4n) is 8.23. The van der Waals surface area contributed by atoms with Crippen LogP contribution in [0.3, 0.4) is 0 Å². The minimum absolute atomic E-state index is 0.144. The molecule has 9 rings (SSSR count). The van der Waals surface area contributed by atoms with Crippen molar-refractivity contribution in [1.82, 2.24) is 15.1 Å². The van der Waals surface area contributed by atoms with Crippen LogP contribution in [0.2, 0.25) is 0 Å². The fourth-order valence-corrected chi connectivity index (χ4v) is 8.23. The molecule has 5 N–H and O–H groups in total. The number of amides is 3. The predicted octanol–water partition coefficient (Wildman–Crippen LogP) is 6.69. The predicted molar refractivity (Wildman–Crippen MR) is 256 cm³/mol. The summed E-state index contributed by atoms with van der Waals surface area (Å²) in [6, 6.07) is 10.2. The van der Waals surface area contributed by atoms with Crippen LogP contribution in [0.4, 0.5) is 28.9 Å². The molecule has 0 aliphatic carbocycles. The van der Waals surface area contributed by atoms with Crippen LogP contribution in [0.25, 0.3) is 0 Å². The number of rotatable bonds is 10. The van der Waals surface area contributed by atoms with E-state index in [0.29, 0.717) is 72.5 Å². The number of hydrogen-bond acceptors (Lipinski definition) is 13. The summed E-state index contributed by atoms with van der Waals surface area (Å²) in [6.45, 7) is 4.37. The number of halogens is 4. The number of aliphatic hydroxyl groups is 1. The van der Waals surface area contributed by atoms with E-state index in [4.69, 9.17) is 39.4 Å². The van der Waals surface area contributed by atoms with Crippen LogP contribution in [0, 0.1) is 23.3 Å². The summed E-state index contributed by atoms with van der Waals surface area (Å²) < 4.78 is 79.1. The van der Waals surface area contributed by atoms with Gasteiger partial charge in [-0.2, -0.15) is 0 Å². The molecule has 4 atom stereocenters. The van der Waals surface area contributed by atoms with Crippen molar-refractivity contribution >= 4 is 58.4 Å². The Morgan fingerprint density at radius 1 is 0.689 bits per heavy atom. The molecule has 3 amide bonds. The number of carbonyl (C=O) groups is 6. The second-order valence-electron chi connectivity index (χ2n) is 17.9. The first kappa shape index (κ1) is 55.2. The molecule has 19 nitrogen and oxygen atoms in total. The third-order valence-electron chi connectivity index (χ3n) is 11.6. The molecule has 1 saturated heterocycles. The Labute approximate surface area is 421 Å². The van der Waals surface area contributed by atoms with E-state index in [9.17, 15) is 46.3 Å². The van der Waals surface area contributed by atoms with Crippen molar-refractivity contribution in [3.8, 4) is 23.0 Å². The number of carboxylic acids is 3. The van der Waals surface area contributed by atoms with Crippen LogP contribution in [-0.2, 0) is 32.0 Å². The van der Waals surface area contributed by atoms with E-state index in [1.165, 1.54) is 9.80 Å². The Morgan fingerprint density at radius 3 is 1.45 bits per heavy atom. The zero-order chi connectivity index (χ0) is 54.3. The minimum Gasteiger partial charge on any atom is -0.493 e. The van der Waals surface area contributed by atoms with E-state index in [1.807, 2.05) is 26.0 Å². The zero-order valence-electron chi connectivity index (χ0n) is 41.0. The summed E-state index contributed by atoms with van der Waals surface area (Å²) in [6.07, 6.45) is -1.03. The van der Waals surface area contributed by atoms with Crippen molar-refractivity contribution in [3.63, 3.8) is 0 Å². The Balaban J connectivity index is 0.000000182. The van der Waals surface area contributed by atoms with E-state index in [2.05, 4.69) is 15.3 Å². The van der Waals surface area contributed by atoms with Gasteiger partial charge in [-0.05, 0) is 55.7 Å². The number of ether oxygens (including phenoxy) is 4. The smallest absolute Gasteiger partial charge is 0.333 e. The standard InChI is InChI=1S/2C21H20F2N2O3.C5H7NO3.C4H6O5/c2*1-11-6-12-7-13(21(26)25(2)3)8-18(20(12)24-11)28-16-4-5-27-17-10-14(22)9-15(23)19(16)17;7-4-2-1-3(6-4)5(8)9;5-2(4(8)9)1-3(6)7/h2*7-10,16H,4-6H2,1-3H3;3H,1-2H2,(H,6,7)(H,8,9);2,5H,1H2,(H,6,7)(H,8,9)/t2*16-;3-;2-/m0000/s1. The van der Waals surface area contributed by atoms with Crippen LogP contribution >= 0.6 is 0 Å². The number of fused-ring (bicyclic) bond motifs is 4. The molecule has 0 spiro atoms. The molecule has 0 bridgehead atoms. The van der Waals surface area contributed by atoms with E-state index >= 15 is 0 Å². The van der Waals surface area contributed by atoms with Crippen LogP contribution in [0.1, 0.15) is 101 Å². The molecule has 5 heterocycles. The Hall–Kier alpha value is -8.08. The van der Waals surface area contributed by atoms with Gasteiger partial charge in [0.2, 0.25) is 5.91 Å². The lowest BCUT2D eigenvalue weighted by atomic mass is 10.0. The summed E-state index contributed by atoms with van der Waals surface area (Å²) in [5, 5.41) is 34.8. The van der Waals surface area contributed by atoms with Gasteiger partial charge in [0.15, 0.2) is 6.10 Å². The van der Waals surface area contributed by atoms with Crippen LogP contribution in [0.5, 0.6) is 23.0 Å². The molecule has 23 heteroatoms. The van der Waals surface area contributed by atoms with Crippen molar-refractivity contribution in [2.75, 3.05) is 41.4 Å². The minimum atomic E-state index is -1.79. The van der Waals surface area contributed by atoms with Gasteiger partial charge < -0.3 is 54.5 Å². The Kier molecular flexibility index (Phi) is 17.6. The third-order valence-corrected chi connectivity index (χ3v) is 11.6. The van der Waals surface area contributed by atoms with Gasteiger partial charge in [0.05, 0.1) is 30.8 Å². The van der Waals surface area contributed by atoms with Gasteiger partial charge in [-0.15, -0.1) is 0 Å². The summed E-state index contributed by atoms with van der Waals surface area (Å²) in [7, 11) is 6.71. The highest BCUT2D eigenvalue weighted by atomic mass is 19.1. The molecule has 5 aliphatic heterocycles. The number of hydrogen-bond donors (Lipinski definition) is 5. The zero-order valence-corrected chi connectivity index (χ0v) is 41.0. The summed E-state index contributed by atoms with van der Waals surface area (Å²) in [5.41, 5.74) is 6.26. The molecular weight excluding hydrogens is 983 g/mol. The molecule has 0 radical (unpaired) electrons. The molecular formula is C51H53F4N5O14. The number of aliphatic hydroxyl groups excluding tert-OH is 1. The van der Waals surface area contributed by atoms with Crippen molar-refractivity contribution < 1.29 is 85.7 Å². The molecule has 74 heavy (non-hydrogen) atoms. The second-order valence-corrected chi connectivity index (χ2v) is 17.9. The van der Waals surface area contributed by atoms with E-state index in [1.54, 1.807) is 40.3 Å².